The van der Waals surface area contributed by atoms with Crippen LogP contribution in [-0.4, -0.2) is 27.5 Å². The number of carbonyl (C=O) groups excluding carboxylic acids is 3. The van der Waals surface area contributed by atoms with E-state index in [1.54, 1.807) is 0 Å². The second kappa shape index (κ2) is 10.7. The predicted octanol–water partition coefficient (Wildman–Crippen LogP) is 5.97. The molecule has 2 aromatic carbocycles. The van der Waals surface area contributed by atoms with Crippen LogP contribution in [0.25, 0.3) is 0 Å². The molecule has 0 spiro atoms. The van der Waals surface area contributed by atoms with E-state index in [-0.39, 0.29) is 15.7 Å². The van der Waals surface area contributed by atoms with Gasteiger partial charge in [0.2, 0.25) is 17.7 Å². The molecule has 44 heavy (non-hydrogen) atoms. The fourth-order valence-corrected chi connectivity index (χ4v) is 8.10. The van der Waals surface area contributed by atoms with Crippen molar-refractivity contribution in [2.45, 2.75) is 35.1 Å². The van der Waals surface area contributed by atoms with Crippen LogP contribution in [0.5, 0.6) is 0 Å². The molecule has 1 fully saturated rings. The zero-order valence-corrected chi connectivity index (χ0v) is 23.4. The van der Waals surface area contributed by atoms with Crippen molar-refractivity contribution in [1.29, 1.82) is 0 Å². The Bertz CT molecular complexity index is 1850. The van der Waals surface area contributed by atoms with Crippen LogP contribution in [0, 0.1) is 5.92 Å². The van der Waals surface area contributed by atoms with Gasteiger partial charge >= 0.3 is 17.2 Å². The van der Waals surface area contributed by atoms with Crippen molar-refractivity contribution >= 4 is 52.2 Å². The highest BCUT2D eigenvalue weighted by molar-refractivity contribution is 8.00. The van der Waals surface area contributed by atoms with Crippen molar-refractivity contribution < 1.29 is 45.1 Å². The van der Waals surface area contributed by atoms with E-state index in [0.29, 0.717) is 16.2 Å². The van der Waals surface area contributed by atoms with E-state index >= 15 is 0 Å². The summed E-state index contributed by atoms with van der Waals surface area (Å²) in [6, 6.07) is 11.4. The molecular weight excluding hydrogens is 636 g/mol. The van der Waals surface area contributed by atoms with Gasteiger partial charge in [0.05, 0.1) is 50.5 Å². The third-order valence-corrected chi connectivity index (χ3v) is 9.76. The van der Waals surface area contributed by atoms with E-state index in [4.69, 9.17) is 4.42 Å². The molecule has 2 aliphatic heterocycles. The number of fused-ring (bicyclic) bond motifs is 2. The normalized spacial score (nSPS) is 20.0. The van der Waals surface area contributed by atoms with Gasteiger partial charge in [0, 0.05) is 0 Å². The molecule has 6 rings (SSSR count). The molecule has 4 aromatic rings. The Morgan fingerprint density at radius 3 is 2.18 bits per heavy atom. The molecule has 0 aliphatic carbocycles. The molecule has 0 radical (unpaired) electrons. The number of para-hydroxylation sites is 2. The quantitative estimate of drug-likeness (QED) is 0.210. The smallest absolute Gasteiger partial charge is 0.418 e. The zero-order valence-electron chi connectivity index (χ0n) is 21.8. The van der Waals surface area contributed by atoms with Crippen molar-refractivity contribution in [3.05, 3.63) is 98.4 Å². The van der Waals surface area contributed by atoms with Gasteiger partial charge in [-0.15, -0.1) is 0 Å². The number of hydrogen-bond acceptors (Lipinski definition) is 7. The molecular formula is C28H17F6N3O5S2. The fraction of sp³-hybridized carbons (Fsp3) is 0.214. The molecule has 2 aromatic heterocycles. The van der Waals surface area contributed by atoms with Crippen molar-refractivity contribution in [1.82, 2.24) is 4.57 Å². The van der Waals surface area contributed by atoms with E-state index in [1.165, 1.54) is 30.5 Å². The Balaban J connectivity index is 1.39. The summed E-state index contributed by atoms with van der Waals surface area (Å²) in [7, 11) is 0. The number of hydrogen-bond donors (Lipinski definition) is 1. The minimum Gasteiger partial charge on any atom is -0.469 e. The highest BCUT2D eigenvalue weighted by atomic mass is 32.2. The van der Waals surface area contributed by atoms with Crippen molar-refractivity contribution in [3.63, 3.8) is 0 Å². The maximum atomic E-state index is 13.9. The number of nitrogens with one attached hydrogen (secondary N) is 1. The Kier molecular flexibility index (Phi) is 7.23. The number of alkyl halides is 6. The van der Waals surface area contributed by atoms with Crippen LogP contribution in [0.2, 0.25) is 0 Å². The minimum atomic E-state index is -4.88. The van der Waals surface area contributed by atoms with E-state index < -0.39 is 81.1 Å². The Morgan fingerprint density at radius 1 is 0.864 bits per heavy atom. The average Bonchev–Trinajstić information content (AvgIpc) is 3.65. The summed E-state index contributed by atoms with van der Waals surface area (Å²) in [5.74, 6) is -5.03. The molecule has 8 nitrogen and oxygen atoms in total. The summed E-state index contributed by atoms with van der Waals surface area (Å²) < 4.78 is 88.4. The number of halogens is 6. The van der Waals surface area contributed by atoms with Crippen molar-refractivity contribution in [3.8, 4) is 0 Å². The number of furan rings is 1. The summed E-state index contributed by atoms with van der Waals surface area (Å²) >= 11 is 1.37. The van der Waals surface area contributed by atoms with Crippen LogP contribution in [0.15, 0.2) is 81.2 Å². The number of thioether (sulfide) groups is 1. The van der Waals surface area contributed by atoms with Gasteiger partial charge < -0.3 is 9.73 Å². The predicted molar refractivity (Wildman–Crippen MR) is 146 cm³/mol. The monoisotopic (exact) mass is 653 g/mol. The fourth-order valence-electron chi connectivity index (χ4n) is 5.35. The maximum absolute atomic E-state index is 13.9. The lowest BCUT2D eigenvalue weighted by Gasteiger charge is -2.29. The minimum absolute atomic E-state index is 0.0778. The second-order valence-corrected chi connectivity index (χ2v) is 11.9. The topological polar surface area (TPSA) is 102 Å². The van der Waals surface area contributed by atoms with Crippen molar-refractivity contribution in [2.24, 2.45) is 5.92 Å². The first-order chi connectivity index (χ1) is 20.8. The highest BCUT2D eigenvalue weighted by Gasteiger charge is 2.58. The van der Waals surface area contributed by atoms with Crippen LogP contribution in [0.4, 0.5) is 37.7 Å². The lowest BCUT2D eigenvalue weighted by Crippen LogP contribution is -2.33. The summed E-state index contributed by atoms with van der Waals surface area (Å²) in [6.45, 7) is -0.741. The first-order valence-corrected chi connectivity index (χ1v) is 14.4. The Labute approximate surface area is 251 Å². The molecule has 1 saturated heterocycles. The highest BCUT2D eigenvalue weighted by Crippen LogP contribution is 2.54. The number of aromatic nitrogens is 1. The first kappa shape index (κ1) is 29.7. The van der Waals surface area contributed by atoms with Crippen molar-refractivity contribution in [2.75, 3.05) is 10.2 Å². The standard InChI is InChI=1S/C28H17F6N3O5S2/c29-27(30,31)13-6-1-3-8-15(13)35-18(38)12-36-25-22(44-26(36)41)19(17-10-5-11-42-17)20-21(43-25)24(40)37(23(20)39)16-9-4-2-7-14(16)28(32,33)34/h1-11,19-21H,12H2,(H,35,38). The third-order valence-electron chi connectivity index (χ3n) is 7.16. The van der Waals surface area contributed by atoms with E-state index in [1.807, 2.05) is 0 Å². The maximum Gasteiger partial charge on any atom is 0.418 e. The number of anilines is 2. The van der Waals surface area contributed by atoms with Gasteiger partial charge in [-0.25, -0.2) is 4.90 Å². The number of thiazole rings is 1. The molecule has 1 N–H and O–H groups in total. The molecule has 0 bridgehead atoms. The van der Waals surface area contributed by atoms with Gasteiger partial charge in [0.25, 0.3) is 0 Å². The SMILES string of the molecule is O=C(Cn1c2c(sc1=O)C(c1ccco1)C1C(=O)N(c3ccccc3C(F)(F)F)C(=O)C1S2)Nc1ccccc1C(F)(F)F. The summed E-state index contributed by atoms with van der Waals surface area (Å²) in [5.41, 5.74) is -3.47. The first-order valence-electron chi connectivity index (χ1n) is 12.7. The van der Waals surface area contributed by atoms with Gasteiger partial charge in [0.1, 0.15) is 17.6 Å². The molecule has 4 heterocycles. The molecule has 0 saturated carbocycles. The van der Waals surface area contributed by atoms with Gasteiger partial charge in [-0.3, -0.25) is 23.7 Å². The third kappa shape index (κ3) is 5.00. The number of benzene rings is 2. The van der Waals surface area contributed by atoms with Crippen LogP contribution in [0.3, 0.4) is 0 Å². The molecule has 3 amide bonds. The molecule has 16 heteroatoms. The largest absolute Gasteiger partial charge is 0.469 e. The summed E-state index contributed by atoms with van der Waals surface area (Å²) in [6.07, 6.45) is -8.36. The summed E-state index contributed by atoms with van der Waals surface area (Å²) in [4.78, 5) is 53.5. The van der Waals surface area contributed by atoms with Crippen LogP contribution in [0.1, 0.15) is 27.7 Å². The van der Waals surface area contributed by atoms with Gasteiger partial charge in [-0.05, 0) is 36.4 Å². The number of carbonyl (C=O) groups is 3. The number of nitrogens with zero attached hydrogens (tertiary/aromatic N) is 2. The molecule has 3 atom stereocenters. The van der Waals surface area contributed by atoms with Crippen LogP contribution < -0.4 is 15.1 Å². The van der Waals surface area contributed by atoms with Gasteiger partial charge in [-0.2, -0.15) is 26.3 Å². The number of rotatable bonds is 5. The second-order valence-electron chi connectivity index (χ2n) is 9.80. The number of imide groups is 1. The summed E-state index contributed by atoms with van der Waals surface area (Å²) in [5, 5.41) is 0.934. The Morgan fingerprint density at radius 2 is 1.52 bits per heavy atom. The van der Waals surface area contributed by atoms with Gasteiger partial charge in [-0.1, -0.05) is 47.4 Å². The van der Waals surface area contributed by atoms with E-state index in [2.05, 4.69) is 5.32 Å². The molecule has 2 aliphatic rings. The zero-order chi connectivity index (χ0) is 31.6. The van der Waals surface area contributed by atoms with E-state index in [9.17, 15) is 45.5 Å². The lowest BCUT2D eigenvalue weighted by atomic mass is 9.86. The molecule has 228 valence electrons. The number of amides is 3. The van der Waals surface area contributed by atoms with Gasteiger partial charge in [0.15, 0.2) is 0 Å². The lowest BCUT2D eigenvalue weighted by molar-refractivity contribution is -0.138. The van der Waals surface area contributed by atoms with Crippen LogP contribution >= 0.6 is 23.1 Å². The van der Waals surface area contributed by atoms with Crippen LogP contribution in [-0.2, 0) is 33.3 Å². The molecule has 3 unspecified atom stereocenters. The average molecular weight is 654 g/mol. The van der Waals surface area contributed by atoms with E-state index in [0.717, 1.165) is 52.7 Å². The Hall–Kier alpha value is -4.31.